The molecule has 2 rings (SSSR count). The maximum Gasteiger partial charge on any atom is 0.233 e. The molecule has 22 heavy (non-hydrogen) atoms. The van der Waals surface area contributed by atoms with Gasteiger partial charge >= 0.3 is 0 Å². The molecule has 2 aromatic rings. The fraction of sp³-hybridized carbons (Fsp3) is 0.471. The quantitative estimate of drug-likeness (QED) is 0.874. The number of benzene rings is 1. The van der Waals surface area contributed by atoms with Gasteiger partial charge in [-0.2, -0.15) is 0 Å². The number of carbonyl (C=O) groups excluding carboxylic acids is 1. The van der Waals surface area contributed by atoms with E-state index < -0.39 is 0 Å². The van der Waals surface area contributed by atoms with Crippen molar-refractivity contribution in [1.29, 1.82) is 0 Å². The topological polar surface area (TPSA) is 54.9 Å². The second-order valence-corrected chi connectivity index (χ2v) is 6.97. The average molecular weight is 317 g/mol. The van der Waals surface area contributed by atoms with Gasteiger partial charge in [0.05, 0.1) is 5.92 Å². The lowest BCUT2D eigenvalue weighted by Crippen LogP contribution is -2.18. The van der Waals surface area contributed by atoms with Crippen LogP contribution >= 0.6 is 11.3 Å². The van der Waals surface area contributed by atoms with Gasteiger partial charge in [-0.15, -0.1) is 10.2 Å². The van der Waals surface area contributed by atoms with E-state index in [0.717, 1.165) is 23.4 Å². The summed E-state index contributed by atoms with van der Waals surface area (Å²) in [7, 11) is 0. The molecule has 0 saturated heterocycles. The zero-order chi connectivity index (χ0) is 16.1. The minimum atomic E-state index is -0.206. The fourth-order valence-corrected chi connectivity index (χ4v) is 2.91. The van der Waals surface area contributed by atoms with Crippen LogP contribution in [0, 0.1) is 5.92 Å². The molecule has 0 saturated carbocycles. The molecule has 118 valence electrons. The molecule has 0 bridgehead atoms. The fourth-order valence-electron chi connectivity index (χ4n) is 2.23. The van der Waals surface area contributed by atoms with E-state index in [1.807, 2.05) is 26.0 Å². The second kappa shape index (κ2) is 7.49. The van der Waals surface area contributed by atoms with E-state index in [-0.39, 0.29) is 11.8 Å². The summed E-state index contributed by atoms with van der Waals surface area (Å²) in [6.45, 7) is 8.34. The Morgan fingerprint density at radius 3 is 2.41 bits per heavy atom. The predicted octanol–water partition coefficient (Wildman–Crippen LogP) is 4.04. The Kier molecular flexibility index (Phi) is 5.66. The maximum atomic E-state index is 12.3. The molecular formula is C17H23N3OS. The van der Waals surface area contributed by atoms with E-state index >= 15 is 0 Å². The Morgan fingerprint density at radius 1 is 1.18 bits per heavy atom. The molecule has 0 aliphatic carbocycles. The Hall–Kier alpha value is -1.75. The second-order valence-electron chi connectivity index (χ2n) is 5.90. The van der Waals surface area contributed by atoms with Crippen LogP contribution in [0.5, 0.6) is 0 Å². The lowest BCUT2D eigenvalue weighted by atomic mass is 9.96. The summed E-state index contributed by atoms with van der Waals surface area (Å²) >= 11 is 1.43. The van der Waals surface area contributed by atoms with E-state index in [1.165, 1.54) is 16.9 Å². The van der Waals surface area contributed by atoms with Crippen LogP contribution in [0.1, 0.15) is 49.7 Å². The third kappa shape index (κ3) is 4.37. The van der Waals surface area contributed by atoms with E-state index in [1.54, 1.807) is 0 Å². The van der Waals surface area contributed by atoms with E-state index in [4.69, 9.17) is 0 Å². The number of nitrogens with one attached hydrogen (secondary N) is 1. The zero-order valence-electron chi connectivity index (χ0n) is 13.6. The summed E-state index contributed by atoms with van der Waals surface area (Å²) in [5.74, 6) is 0.384. The first-order chi connectivity index (χ1) is 10.5. The molecule has 0 spiro atoms. The van der Waals surface area contributed by atoms with Gasteiger partial charge in [0.25, 0.3) is 0 Å². The van der Waals surface area contributed by atoms with Crippen LogP contribution in [0.3, 0.4) is 0 Å². The molecule has 0 fully saturated rings. The minimum absolute atomic E-state index is 0.0459. The van der Waals surface area contributed by atoms with Crippen molar-refractivity contribution in [2.24, 2.45) is 5.92 Å². The monoisotopic (exact) mass is 317 g/mol. The lowest BCUT2D eigenvalue weighted by molar-refractivity contribution is -0.117. The zero-order valence-corrected chi connectivity index (χ0v) is 14.4. The van der Waals surface area contributed by atoms with Gasteiger partial charge in [0, 0.05) is 0 Å². The largest absolute Gasteiger partial charge is 0.300 e. The number of hydrogen-bond acceptors (Lipinski definition) is 4. The molecule has 1 unspecified atom stereocenters. The van der Waals surface area contributed by atoms with Crippen molar-refractivity contribution in [3.63, 3.8) is 0 Å². The van der Waals surface area contributed by atoms with Gasteiger partial charge in [-0.1, -0.05) is 56.4 Å². The number of aromatic nitrogens is 2. The van der Waals surface area contributed by atoms with Gasteiger partial charge in [0.2, 0.25) is 11.0 Å². The van der Waals surface area contributed by atoms with Gasteiger partial charge in [-0.25, -0.2) is 0 Å². The Morgan fingerprint density at radius 2 is 1.86 bits per heavy atom. The van der Waals surface area contributed by atoms with Crippen molar-refractivity contribution < 1.29 is 4.79 Å². The molecule has 0 aliphatic rings. The van der Waals surface area contributed by atoms with Crippen molar-refractivity contribution in [1.82, 2.24) is 10.2 Å². The third-order valence-corrected chi connectivity index (χ3v) is 4.50. The van der Waals surface area contributed by atoms with Crippen LogP contribution in [-0.2, 0) is 17.6 Å². The van der Waals surface area contributed by atoms with Crippen LogP contribution in [-0.4, -0.2) is 16.1 Å². The first kappa shape index (κ1) is 16.6. The molecule has 4 nitrogen and oxygen atoms in total. The maximum absolute atomic E-state index is 12.3. The molecule has 1 heterocycles. The number of nitrogens with zero attached hydrogens (tertiary/aromatic N) is 2. The van der Waals surface area contributed by atoms with Crippen molar-refractivity contribution in [3.05, 3.63) is 40.4 Å². The smallest absolute Gasteiger partial charge is 0.233 e. The summed E-state index contributed by atoms with van der Waals surface area (Å²) in [5, 5.41) is 12.4. The van der Waals surface area contributed by atoms with Gasteiger partial charge in [-0.05, 0) is 36.8 Å². The Labute approximate surface area is 136 Å². The number of anilines is 1. The van der Waals surface area contributed by atoms with E-state index in [0.29, 0.717) is 11.0 Å². The highest BCUT2D eigenvalue weighted by Crippen LogP contribution is 2.21. The number of hydrogen-bond donors (Lipinski definition) is 1. The summed E-state index contributed by atoms with van der Waals surface area (Å²) in [4.78, 5) is 12.3. The molecule has 1 amide bonds. The first-order valence-corrected chi connectivity index (χ1v) is 8.53. The number of amides is 1. The van der Waals surface area contributed by atoms with Crippen molar-refractivity contribution >= 4 is 22.4 Å². The van der Waals surface area contributed by atoms with Gasteiger partial charge < -0.3 is 5.32 Å². The molecule has 1 aromatic heterocycles. The van der Waals surface area contributed by atoms with Crippen molar-refractivity contribution in [2.45, 2.75) is 46.5 Å². The van der Waals surface area contributed by atoms with Crippen LogP contribution in [0.25, 0.3) is 0 Å². The van der Waals surface area contributed by atoms with Gasteiger partial charge in [-0.3, -0.25) is 4.79 Å². The minimum Gasteiger partial charge on any atom is -0.300 e. The van der Waals surface area contributed by atoms with Gasteiger partial charge in [0.15, 0.2) is 0 Å². The van der Waals surface area contributed by atoms with Crippen LogP contribution in [0.2, 0.25) is 0 Å². The highest BCUT2D eigenvalue weighted by Gasteiger charge is 2.17. The van der Waals surface area contributed by atoms with Crippen molar-refractivity contribution in [2.75, 3.05) is 5.32 Å². The van der Waals surface area contributed by atoms with Crippen molar-refractivity contribution in [3.8, 4) is 0 Å². The summed E-state index contributed by atoms with van der Waals surface area (Å²) in [6, 6.07) is 8.30. The summed E-state index contributed by atoms with van der Waals surface area (Å²) in [5.41, 5.74) is 2.33. The molecule has 1 atom stereocenters. The normalized spacial score (nSPS) is 12.4. The standard InChI is InChI=1S/C17H23N3OS/c1-5-15-19-20-17(22-15)18-16(21)12(4)14-8-6-13(7-9-14)10-11(2)3/h6-9,11-12H,5,10H2,1-4H3,(H,18,20,21). The molecule has 1 N–H and O–H groups in total. The number of aryl methyl sites for hydroxylation is 1. The van der Waals surface area contributed by atoms with Crippen LogP contribution in [0.15, 0.2) is 24.3 Å². The van der Waals surface area contributed by atoms with Crippen LogP contribution in [0.4, 0.5) is 5.13 Å². The summed E-state index contributed by atoms with van der Waals surface area (Å²) in [6.07, 6.45) is 1.89. The van der Waals surface area contributed by atoms with Crippen LogP contribution < -0.4 is 5.32 Å². The lowest BCUT2D eigenvalue weighted by Gasteiger charge is -2.12. The molecular weight excluding hydrogens is 294 g/mol. The molecule has 1 aromatic carbocycles. The third-order valence-electron chi connectivity index (χ3n) is 3.52. The predicted molar refractivity (Wildman–Crippen MR) is 91.3 cm³/mol. The Balaban J connectivity index is 2.00. The number of rotatable bonds is 6. The first-order valence-electron chi connectivity index (χ1n) is 7.71. The average Bonchev–Trinajstić information content (AvgIpc) is 2.94. The Bertz CT molecular complexity index is 619. The SMILES string of the molecule is CCc1nnc(NC(=O)C(C)c2ccc(CC(C)C)cc2)s1. The van der Waals surface area contributed by atoms with Gasteiger partial charge in [0.1, 0.15) is 5.01 Å². The highest BCUT2D eigenvalue weighted by molar-refractivity contribution is 7.15. The van der Waals surface area contributed by atoms with E-state index in [9.17, 15) is 4.79 Å². The molecule has 0 aliphatic heterocycles. The molecule has 5 heteroatoms. The molecule has 0 radical (unpaired) electrons. The van der Waals surface area contributed by atoms with E-state index in [2.05, 4.69) is 41.5 Å². The number of carbonyl (C=O) groups is 1. The summed E-state index contributed by atoms with van der Waals surface area (Å²) < 4.78 is 0. The highest BCUT2D eigenvalue weighted by atomic mass is 32.1.